The molecule has 80 heavy (non-hydrogen) atoms. The third-order valence-electron chi connectivity index (χ3n) is 17.3. The van der Waals surface area contributed by atoms with Gasteiger partial charge < -0.3 is 50.5 Å². The number of rotatable bonds is 62. The first-order valence-electron chi connectivity index (χ1n) is 35.1. The highest BCUT2D eigenvalue weighted by Gasteiger charge is 2.44. The number of allylic oxidation sites excluding steroid dienone is 2. The highest BCUT2D eigenvalue weighted by Crippen LogP contribution is 2.24. The zero-order chi connectivity index (χ0) is 58.2. The van der Waals surface area contributed by atoms with Gasteiger partial charge in [0.15, 0.2) is 6.29 Å². The van der Waals surface area contributed by atoms with Gasteiger partial charge in [0.1, 0.15) is 36.6 Å². The Morgan fingerprint density at radius 2 is 0.725 bits per heavy atom. The SMILES string of the molecule is CCCCCCCCCCCCCC/C=C\CCCCCCCCCCC(O)C(=O)NC(COC1OC(CO)C(O)C(O)C1O)C(O)C(O)CCCCCCCCCCCCCCCCCCCCCCCCCCCCCCC. The van der Waals surface area contributed by atoms with E-state index in [1.54, 1.807) is 0 Å². The summed E-state index contributed by atoms with van der Waals surface area (Å²) < 4.78 is 11.2. The van der Waals surface area contributed by atoms with Crippen molar-refractivity contribution in [3.63, 3.8) is 0 Å². The lowest BCUT2D eigenvalue weighted by molar-refractivity contribution is -0.303. The fourth-order valence-corrected chi connectivity index (χ4v) is 11.7. The summed E-state index contributed by atoms with van der Waals surface area (Å²) in [5.41, 5.74) is 0. The first kappa shape index (κ1) is 76.9. The van der Waals surface area contributed by atoms with Crippen molar-refractivity contribution in [2.45, 2.75) is 409 Å². The molecule has 0 aromatic rings. The van der Waals surface area contributed by atoms with Gasteiger partial charge in [-0.15, -0.1) is 0 Å². The molecule has 1 rings (SSSR count). The molecule has 1 amide bonds. The molecule has 1 aliphatic rings. The molecule has 1 saturated heterocycles. The van der Waals surface area contributed by atoms with E-state index in [1.807, 2.05) is 0 Å². The average molecular weight is 1140 g/mol. The highest BCUT2D eigenvalue weighted by molar-refractivity contribution is 5.80. The van der Waals surface area contributed by atoms with Crippen molar-refractivity contribution in [2.75, 3.05) is 13.2 Å². The van der Waals surface area contributed by atoms with Gasteiger partial charge in [-0.1, -0.05) is 328 Å². The third kappa shape index (κ3) is 45.2. The van der Waals surface area contributed by atoms with E-state index < -0.39 is 74.2 Å². The molecule has 1 fully saturated rings. The lowest BCUT2D eigenvalue weighted by Gasteiger charge is -2.40. The molecule has 0 aromatic carbocycles. The van der Waals surface area contributed by atoms with E-state index in [4.69, 9.17) is 9.47 Å². The number of amides is 1. The van der Waals surface area contributed by atoms with Gasteiger partial charge in [0.05, 0.1) is 25.4 Å². The molecule has 11 heteroatoms. The summed E-state index contributed by atoms with van der Waals surface area (Å²) in [6, 6.07) is -1.17. The van der Waals surface area contributed by atoms with Gasteiger partial charge in [-0.05, 0) is 38.5 Å². The van der Waals surface area contributed by atoms with Gasteiger partial charge >= 0.3 is 0 Å². The van der Waals surface area contributed by atoms with Gasteiger partial charge in [-0.3, -0.25) is 4.79 Å². The minimum absolute atomic E-state index is 0.260. The highest BCUT2D eigenvalue weighted by atomic mass is 16.7. The van der Waals surface area contributed by atoms with E-state index in [-0.39, 0.29) is 6.42 Å². The van der Waals surface area contributed by atoms with Gasteiger partial charge in [-0.2, -0.15) is 0 Å². The van der Waals surface area contributed by atoms with Crippen LogP contribution < -0.4 is 5.32 Å². The van der Waals surface area contributed by atoms with Crippen LogP contribution in [0.1, 0.15) is 354 Å². The Bertz CT molecular complexity index is 1310. The van der Waals surface area contributed by atoms with E-state index >= 15 is 0 Å². The standard InChI is InChI=1S/C69H135NO10/c1-3-5-7-9-11-13-15-17-19-21-23-25-27-29-30-31-32-33-35-36-38-40-42-44-46-48-50-52-54-56-61(72)64(74)60(59-79-69-67(77)66(76)65(75)63(58-71)80-69)70-68(78)62(73)57-55-53-51-49-47-45-43-41-39-37-34-28-26-24-22-20-18-16-14-12-10-8-6-4-2/h34,37,60-67,69,71-77H,3-33,35-36,38-59H2,1-2H3,(H,70,78)/b37-34-. The van der Waals surface area contributed by atoms with Crippen molar-refractivity contribution in [1.82, 2.24) is 5.32 Å². The monoisotopic (exact) mass is 1140 g/mol. The molecule has 9 unspecified atom stereocenters. The number of aliphatic hydroxyl groups is 7. The lowest BCUT2D eigenvalue weighted by atomic mass is 9.98. The van der Waals surface area contributed by atoms with Gasteiger partial charge in [-0.25, -0.2) is 0 Å². The van der Waals surface area contributed by atoms with Crippen LogP contribution in [0.25, 0.3) is 0 Å². The molecule has 11 nitrogen and oxygen atoms in total. The molecule has 0 aliphatic carbocycles. The van der Waals surface area contributed by atoms with Crippen molar-refractivity contribution in [3.8, 4) is 0 Å². The number of hydrogen-bond donors (Lipinski definition) is 8. The summed E-state index contributed by atoms with van der Waals surface area (Å²) >= 11 is 0. The number of hydrogen-bond acceptors (Lipinski definition) is 10. The normalized spacial score (nSPS) is 19.2. The van der Waals surface area contributed by atoms with Crippen LogP contribution in [0.3, 0.4) is 0 Å². The number of aliphatic hydroxyl groups excluding tert-OH is 7. The Kier molecular flexibility index (Phi) is 56.0. The van der Waals surface area contributed by atoms with Crippen LogP contribution >= 0.6 is 0 Å². The molecule has 0 saturated carbocycles. The van der Waals surface area contributed by atoms with E-state index in [9.17, 15) is 40.5 Å². The molecule has 9 atom stereocenters. The maximum Gasteiger partial charge on any atom is 0.249 e. The lowest BCUT2D eigenvalue weighted by Crippen LogP contribution is -2.60. The number of carbonyl (C=O) groups is 1. The first-order valence-corrected chi connectivity index (χ1v) is 35.1. The fourth-order valence-electron chi connectivity index (χ4n) is 11.7. The average Bonchev–Trinajstić information content (AvgIpc) is 3.46. The summed E-state index contributed by atoms with van der Waals surface area (Å²) in [4.78, 5) is 13.2. The number of carbonyl (C=O) groups excluding carboxylic acids is 1. The van der Waals surface area contributed by atoms with Crippen LogP contribution in [0.5, 0.6) is 0 Å². The zero-order valence-corrected chi connectivity index (χ0v) is 52.6. The van der Waals surface area contributed by atoms with Crippen LogP contribution in [-0.2, 0) is 14.3 Å². The van der Waals surface area contributed by atoms with Crippen molar-refractivity contribution >= 4 is 5.91 Å². The number of ether oxygens (including phenoxy) is 2. The topological polar surface area (TPSA) is 189 Å². The summed E-state index contributed by atoms with van der Waals surface area (Å²) in [5.74, 6) is -0.692. The van der Waals surface area contributed by atoms with E-state index in [0.29, 0.717) is 19.3 Å². The molecule has 0 spiro atoms. The number of nitrogens with one attached hydrogen (secondary N) is 1. The predicted octanol–water partition coefficient (Wildman–Crippen LogP) is 16.6. The second-order valence-corrected chi connectivity index (χ2v) is 25.0. The van der Waals surface area contributed by atoms with Crippen LogP contribution in [0.4, 0.5) is 0 Å². The molecule has 0 aromatic heterocycles. The molecule has 0 bridgehead atoms. The Morgan fingerprint density at radius 1 is 0.425 bits per heavy atom. The summed E-state index contributed by atoms with van der Waals surface area (Å²) in [5, 5.41) is 76.5. The maximum atomic E-state index is 13.2. The van der Waals surface area contributed by atoms with Crippen molar-refractivity contribution < 1.29 is 50.0 Å². The maximum absolute atomic E-state index is 13.2. The molecule has 476 valence electrons. The first-order chi connectivity index (χ1) is 39.2. The molecule has 1 heterocycles. The minimum atomic E-state index is -1.66. The van der Waals surface area contributed by atoms with Crippen molar-refractivity contribution in [1.29, 1.82) is 0 Å². The van der Waals surface area contributed by atoms with Gasteiger partial charge in [0, 0.05) is 0 Å². The largest absolute Gasteiger partial charge is 0.394 e. The van der Waals surface area contributed by atoms with Crippen LogP contribution in [0.2, 0.25) is 0 Å². The summed E-state index contributed by atoms with van der Waals surface area (Å²) in [6.45, 7) is 3.52. The minimum Gasteiger partial charge on any atom is -0.394 e. The Labute approximate surface area is 493 Å². The Morgan fingerprint density at radius 3 is 1.05 bits per heavy atom. The van der Waals surface area contributed by atoms with E-state index in [1.165, 1.54) is 270 Å². The van der Waals surface area contributed by atoms with E-state index in [2.05, 4.69) is 31.3 Å². The predicted molar refractivity (Wildman–Crippen MR) is 335 cm³/mol. The molecule has 0 radical (unpaired) electrons. The summed E-state index contributed by atoms with van der Waals surface area (Å²) in [6.07, 6.45) is 60.0. The molecular weight excluding hydrogens is 1000 g/mol. The smallest absolute Gasteiger partial charge is 0.249 e. The van der Waals surface area contributed by atoms with Crippen molar-refractivity contribution in [2.24, 2.45) is 0 Å². The molecule has 1 aliphatic heterocycles. The van der Waals surface area contributed by atoms with Crippen LogP contribution in [-0.4, -0.2) is 110 Å². The quantitative estimate of drug-likeness (QED) is 0.0215. The van der Waals surface area contributed by atoms with Crippen LogP contribution in [0, 0.1) is 0 Å². The summed E-state index contributed by atoms with van der Waals surface area (Å²) in [7, 11) is 0. The van der Waals surface area contributed by atoms with Gasteiger partial charge in [0.25, 0.3) is 0 Å². The molecule has 8 N–H and O–H groups in total. The van der Waals surface area contributed by atoms with Crippen LogP contribution in [0.15, 0.2) is 12.2 Å². The van der Waals surface area contributed by atoms with Gasteiger partial charge in [0.2, 0.25) is 5.91 Å². The Hall–Kier alpha value is -1.15. The number of unbranched alkanes of at least 4 members (excludes halogenated alkanes) is 48. The second-order valence-electron chi connectivity index (χ2n) is 25.0. The Balaban J connectivity index is 2.20. The third-order valence-corrected chi connectivity index (χ3v) is 17.3. The second kappa shape index (κ2) is 58.2. The zero-order valence-electron chi connectivity index (χ0n) is 52.6. The fraction of sp³-hybridized carbons (Fsp3) is 0.957. The van der Waals surface area contributed by atoms with Crippen molar-refractivity contribution in [3.05, 3.63) is 12.2 Å². The molecular formula is C69H135NO10. The van der Waals surface area contributed by atoms with E-state index in [0.717, 1.165) is 44.9 Å².